The number of likely N-dealkylation sites (tertiary alicyclic amines) is 1. The highest BCUT2D eigenvalue weighted by Crippen LogP contribution is 2.25. The summed E-state index contributed by atoms with van der Waals surface area (Å²) in [6, 6.07) is 11.5. The summed E-state index contributed by atoms with van der Waals surface area (Å²) in [5.41, 5.74) is 1.83. The number of imidazole rings is 1. The zero-order valence-corrected chi connectivity index (χ0v) is 16.2. The van der Waals surface area contributed by atoms with Crippen molar-refractivity contribution in [1.29, 1.82) is 0 Å². The zero-order valence-electron chi connectivity index (χ0n) is 14.7. The standard InChI is InChI=1S/C20H19BrN4O2/c21-18-2-1-8-23-19(18)27-17-7-10-25(13-17)20(26)16-5-3-15(4-6-16)12-24-11-9-22-14-24/h1-6,8-9,11,14,17H,7,10,12-13H2. The SMILES string of the molecule is O=C(c1ccc(Cn2ccnc2)cc1)N1CCC(Oc2ncccc2Br)C1. The Morgan fingerprint density at radius 1 is 1.22 bits per heavy atom. The molecule has 0 bridgehead atoms. The maximum absolute atomic E-state index is 12.8. The molecule has 1 atom stereocenters. The van der Waals surface area contributed by atoms with Crippen molar-refractivity contribution >= 4 is 21.8 Å². The molecule has 7 heteroatoms. The van der Waals surface area contributed by atoms with Crippen LogP contribution in [0.4, 0.5) is 0 Å². The highest BCUT2D eigenvalue weighted by molar-refractivity contribution is 9.10. The van der Waals surface area contributed by atoms with E-state index in [1.807, 2.05) is 52.1 Å². The average molecular weight is 427 g/mol. The van der Waals surface area contributed by atoms with E-state index in [1.165, 1.54) is 0 Å². The number of hydrogen-bond donors (Lipinski definition) is 0. The van der Waals surface area contributed by atoms with Crippen LogP contribution in [-0.2, 0) is 6.54 Å². The summed E-state index contributed by atoms with van der Waals surface area (Å²) in [4.78, 5) is 22.9. The van der Waals surface area contributed by atoms with Gasteiger partial charge in [0.25, 0.3) is 5.91 Å². The molecule has 1 saturated heterocycles. The Hall–Kier alpha value is -2.67. The molecule has 138 valence electrons. The maximum Gasteiger partial charge on any atom is 0.253 e. The van der Waals surface area contributed by atoms with E-state index >= 15 is 0 Å². The lowest BCUT2D eigenvalue weighted by Crippen LogP contribution is -2.31. The van der Waals surface area contributed by atoms with Crippen molar-refractivity contribution < 1.29 is 9.53 Å². The number of amides is 1. The lowest BCUT2D eigenvalue weighted by Gasteiger charge is -2.17. The van der Waals surface area contributed by atoms with E-state index in [4.69, 9.17) is 4.74 Å². The van der Waals surface area contributed by atoms with E-state index in [0.29, 0.717) is 24.5 Å². The summed E-state index contributed by atoms with van der Waals surface area (Å²) >= 11 is 3.44. The van der Waals surface area contributed by atoms with Gasteiger partial charge in [-0.05, 0) is 45.8 Å². The van der Waals surface area contributed by atoms with Crippen LogP contribution >= 0.6 is 15.9 Å². The normalized spacial score (nSPS) is 16.5. The molecule has 1 amide bonds. The van der Waals surface area contributed by atoms with Gasteiger partial charge in [0.15, 0.2) is 0 Å². The molecular weight excluding hydrogens is 408 g/mol. The molecule has 3 heterocycles. The first-order valence-electron chi connectivity index (χ1n) is 8.80. The van der Waals surface area contributed by atoms with Crippen LogP contribution in [0.3, 0.4) is 0 Å². The van der Waals surface area contributed by atoms with Crippen molar-refractivity contribution in [2.24, 2.45) is 0 Å². The summed E-state index contributed by atoms with van der Waals surface area (Å²) in [7, 11) is 0. The number of hydrogen-bond acceptors (Lipinski definition) is 4. The number of pyridine rings is 1. The lowest BCUT2D eigenvalue weighted by atomic mass is 10.1. The summed E-state index contributed by atoms with van der Waals surface area (Å²) in [5, 5.41) is 0. The molecule has 1 unspecified atom stereocenters. The predicted molar refractivity (Wildman–Crippen MR) is 105 cm³/mol. The topological polar surface area (TPSA) is 60.2 Å². The number of halogens is 1. The largest absolute Gasteiger partial charge is 0.472 e. The van der Waals surface area contributed by atoms with Gasteiger partial charge in [-0.3, -0.25) is 4.79 Å². The fourth-order valence-electron chi connectivity index (χ4n) is 3.15. The third-order valence-corrected chi connectivity index (χ3v) is 5.16. The van der Waals surface area contributed by atoms with Gasteiger partial charge in [-0.1, -0.05) is 12.1 Å². The highest BCUT2D eigenvalue weighted by atomic mass is 79.9. The first-order valence-corrected chi connectivity index (χ1v) is 9.59. The van der Waals surface area contributed by atoms with Crippen LogP contribution in [0.25, 0.3) is 0 Å². The van der Waals surface area contributed by atoms with Gasteiger partial charge in [0, 0.05) is 43.7 Å². The van der Waals surface area contributed by atoms with Crippen LogP contribution in [0.1, 0.15) is 22.3 Å². The second kappa shape index (κ2) is 7.92. The van der Waals surface area contributed by atoms with Crippen molar-refractivity contribution in [2.45, 2.75) is 19.1 Å². The third-order valence-electron chi connectivity index (χ3n) is 4.56. The smallest absolute Gasteiger partial charge is 0.253 e. The number of benzene rings is 1. The maximum atomic E-state index is 12.8. The summed E-state index contributed by atoms with van der Waals surface area (Å²) in [5.74, 6) is 0.607. The third kappa shape index (κ3) is 4.19. The fraction of sp³-hybridized carbons (Fsp3) is 0.250. The molecule has 0 N–H and O–H groups in total. The molecule has 27 heavy (non-hydrogen) atoms. The van der Waals surface area contributed by atoms with Crippen LogP contribution in [0.2, 0.25) is 0 Å². The minimum atomic E-state index is -0.0411. The van der Waals surface area contributed by atoms with E-state index in [-0.39, 0.29) is 12.0 Å². The first-order chi connectivity index (χ1) is 13.2. The molecule has 0 saturated carbocycles. The van der Waals surface area contributed by atoms with E-state index < -0.39 is 0 Å². The molecule has 1 aliphatic rings. The van der Waals surface area contributed by atoms with Gasteiger partial charge < -0.3 is 14.2 Å². The molecule has 1 aromatic carbocycles. The number of ether oxygens (including phenoxy) is 1. The van der Waals surface area contributed by atoms with E-state index in [2.05, 4.69) is 25.9 Å². The van der Waals surface area contributed by atoms with E-state index in [9.17, 15) is 4.79 Å². The van der Waals surface area contributed by atoms with Crippen molar-refractivity contribution in [3.05, 3.63) is 76.9 Å². The Morgan fingerprint density at radius 2 is 2.07 bits per heavy atom. The van der Waals surface area contributed by atoms with Gasteiger partial charge >= 0.3 is 0 Å². The fourth-order valence-corrected chi connectivity index (χ4v) is 3.50. The second-order valence-corrected chi connectivity index (χ2v) is 7.36. The van der Waals surface area contributed by atoms with Crippen LogP contribution in [0, 0.1) is 0 Å². The van der Waals surface area contributed by atoms with Gasteiger partial charge in [0.05, 0.1) is 17.3 Å². The molecule has 0 aliphatic carbocycles. The minimum Gasteiger partial charge on any atom is -0.472 e. The molecule has 1 aliphatic heterocycles. The van der Waals surface area contributed by atoms with Gasteiger partial charge in [-0.25, -0.2) is 9.97 Å². The van der Waals surface area contributed by atoms with Crippen LogP contribution in [0.5, 0.6) is 5.88 Å². The van der Waals surface area contributed by atoms with Crippen molar-refractivity contribution in [3.8, 4) is 5.88 Å². The summed E-state index contributed by atoms with van der Waals surface area (Å²) in [6.45, 7) is 2.00. The highest BCUT2D eigenvalue weighted by Gasteiger charge is 2.28. The number of aromatic nitrogens is 3. The molecule has 6 nitrogen and oxygen atoms in total. The van der Waals surface area contributed by atoms with Gasteiger partial charge in [0.1, 0.15) is 6.10 Å². The van der Waals surface area contributed by atoms with Crippen molar-refractivity contribution in [1.82, 2.24) is 19.4 Å². The van der Waals surface area contributed by atoms with Crippen molar-refractivity contribution in [3.63, 3.8) is 0 Å². The molecule has 3 aromatic rings. The first kappa shape index (κ1) is 17.7. The Kier molecular flexibility index (Phi) is 5.20. The minimum absolute atomic E-state index is 0.0374. The summed E-state index contributed by atoms with van der Waals surface area (Å²) < 4.78 is 8.76. The second-order valence-electron chi connectivity index (χ2n) is 6.50. The van der Waals surface area contributed by atoms with Gasteiger partial charge in [-0.15, -0.1) is 0 Å². The Balaban J connectivity index is 1.36. The monoisotopic (exact) mass is 426 g/mol. The Labute approximate surface area is 165 Å². The molecule has 2 aromatic heterocycles. The average Bonchev–Trinajstić information content (AvgIpc) is 3.36. The van der Waals surface area contributed by atoms with E-state index in [1.54, 1.807) is 18.7 Å². The van der Waals surface area contributed by atoms with Crippen LogP contribution < -0.4 is 4.74 Å². The van der Waals surface area contributed by atoms with E-state index in [0.717, 1.165) is 23.0 Å². The molecule has 1 fully saturated rings. The van der Waals surface area contributed by atoms with Gasteiger partial charge in [-0.2, -0.15) is 0 Å². The number of carbonyl (C=O) groups excluding carboxylic acids is 1. The van der Waals surface area contributed by atoms with Crippen molar-refractivity contribution in [2.75, 3.05) is 13.1 Å². The Morgan fingerprint density at radius 3 is 2.81 bits per heavy atom. The molecular formula is C20H19BrN4O2. The van der Waals surface area contributed by atoms with Crippen LogP contribution in [0.15, 0.2) is 65.8 Å². The summed E-state index contributed by atoms with van der Waals surface area (Å²) in [6.07, 6.45) is 7.91. The quantitative estimate of drug-likeness (QED) is 0.627. The number of nitrogens with zero attached hydrogens (tertiary/aromatic N) is 4. The lowest BCUT2D eigenvalue weighted by molar-refractivity contribution is 0.0771. The predicted octanol–water partition coefficient (Wildman–Crippen LogP) is 3.38. The molecule has 4 rings (SSSR count). The molecule has 0 spiro atoms. The Bertz CT molecular complexity index is 912. The van der Waals surface area contributed by atoms with Crippen LogP contribution in [-0.4, -0.2) is 44.5 Å². The number of rotatable bonds is 5. The zero-order chi connectivity index (χ0) is 18.6. The molecule has 0 radical (unpaired) electrons. The van der Waals surface area contributed by atoms with Gasteiger partial charge in [0.2, 0.25) is 5.88 Å². The number of carbonyl (C=O) groups is 1.